The second-order valence-corrected chi connectivity index (χ2v) is 16.9. The average Bonchev–Trinajstić information content (AvgIpc) is 3.24. The van der Waals surface area contributed by atoms with Crippen molar-refractivity contribution >= 4 is 0 Å². The van der Waals surface area contributed by atoms with Crippen molar-refractivity contribution in [2.45, 2.75) is 63.2 Å². The van der Waals surface area contributed by atoms with Gasteiger partial charge in [-0.15, -0.1) is 0 Å². The van der Waals surface area contributed by atoms with Crippen LogP contribution in [0.2, 0.25) is 0 Å². The van der Waals surface area contributed by atoms with Crippen LogP contribution in [0.3, 0.4) is 0 Å². The third kappa shape index (κ3) is 6.03. The lowest BCUT2D eigenvalue weighted by molar-refractivity contribution is -0.0281. The first-order valence-corrected chi connectivity index (χ1v) is 20.1. The Bertz CT molecular complexity index is 2570. The molecule has 2 atom stereocenters. The zero-order valence-electron chi connectivity index (χ0n) is 32.0. The molecule has 2 unspecified atom stereocenters. The van der Waals surface area contributed by atoms with Crippen LogP contribution in [0.25, 0.3) is 56.4 Å². The fourth-order valence-corrected chi connectivity index (χ4v) is 11.1. The van der Waals surface area contributed by atoms with Gasteiger partial charge in [0.2, 0.25) is 0 Å². The monoisotopic (exact) mass is 724 g/mol. The average molecular weight is 725 g/mol. The van der Waals surface area contributed by atoms with E-state index in [1.807, 2.05) is 48.5 Å². The molecule has 272 valence electrons. The van der Waals surface area contributed by atoms with Gasteiger partial charge in [-0.05, 0) is 138 Å². The maximum atomic E-state index is 9.30. The van der Waals surface area contributed by atoms with Gasteiger partial charge in [0.05, 0.1) is 11.6 Å². The van der Waals surface area contributed by atoms with E-state index in [4.69, 9.17) is 15.0 Å². The summed E-state index contributed by atoms with van der Waals surface area (Å²) >= 11 is 0. The maximum absolute atomic E-state index is 9.30. The minimum atomic E-state index is 0.210. The van der Waals surface area contributed by atoms with Crippen LogP contribution in [0.1, 0.15) is 66.3 Å². The largest absolute Gasteiger partial charge is 0.208 e. The highest BCUT2D eigenvalue weighted by molar-refractivity contribution is 5.75. The minimum absolute atomic E-state index is 0.210. The van der Waals surface area contributed by atoms with Gasteiger partial charge in [0.25, 0.3) is 0 Å². The fraction of sp³-hybridized carbons (Fsp3) is 0.231. The lowest BCUT2D eigenvalue weighted by atomic mass is 9.41. The Morgan fingerprint density at radius 2 is 0.946 bits per heavy atom. The van der Waals surface area contributed by atoms with Gasteiger partial charge in [0, 0.05) is 16.7 Å². The number of rotatable bonds is 7. The molecule has 4 nitrogen and oxygen atoms in total. The summed E-state index contributed by atoms with van der Waals surface area (Å²) in [4.78, 5) is 14.9. The summed E-state index contributed by atoms with van der Waals surface area (Å²) < 4.78 is 0. The highest BCUT2D eigenvalue weighted by Crippen LogP contribution is 2.66. The lowest BCUT2D eigenvalue weighted by Gasteiger charge is -2.63. The van der Waals surface area contributed by atoms with Crippen molar-refractivity contribution in [2.75, 3.05) is 0 Å². The van der Waals surface area contributed by atoms with Gasteiger partial charge >= 0.3 is 0 Å². The van der Waals surface area contributed by atoms with Crippen LogP contribution in [0.5, 0.6) is 0 Å². The predicted molar refractivity (Wildman–Crippen MR) is 226 cm³/mol. The van der Waals surface area contributed by atoms with E-state index in [1.165, 1.54) is 83.0 Å². The summed E-state index contributed by atoms with van der Waals surface area (Å²) in [6.45, 7) is 4.55. The van der Waals surface area contributed by atoms with Crippen molar-refractivity contribution in [3.63, 3.8) is 0 Å². The van der Waals surface area contributed by atoms with Crippen molar-refractivity contribution < 1.29 is 0 Å². The van der Waals surface area contributed by atoms with Crippen molar-refractivity contribution in [3.05, 3.63) is 173 Å². The van der Waals surface area contributed by atoms with Gasteiger partial charge < -0.3 is 0 Å². The first kappa shape index (κ1) is 34.3. The van der Waals surface area contributed by atoms with Crippen LogP contribution >= 0.6 is 0 Å². The van der Waals surface area contributed by atoms with Crippen LogP contribution in [0.15, 0.2) is 146 Å². The molecule has 0 radical (unpaired) electrons. The van der Waals surface area contributed by atoms with Crippen molar-refractivity contribution in [1.29, 1.82) is 5.26 Å². The molecule has 11 rings (SSSR count). The zero-order valence-corrected chi connectivity index (χ0v) is 32.0. The Kier molecular flexibility index (Phi) is 8.29. The van der Waals surface area contributed by atoms with E-state index in [1.54, 1.807) is 0 Å². The van der Waals surface area contributed by atoms with E-state index in [2.05, 4.69) is 117 Å². The summed E-state index contributed by atoms with van der Waals surface area (Å²) in [7, 11) is 0. The molecule has 4 fully saturated rings. The summed E-state index contributed by atoms with van der Waals surface area (Å²) in [6, 6.07) is 53.9. The molecule has 7 aromatic rings. The van der Waals surface area contributed by atoms with Crippen LogP contribution < -0.4 is 0 Å². The highest BCUT2D eigenvalue weighted by atomic mass is 15.0. The molecule has 4 aliphatic rings. The minimum Gasteiger partial charge on any atom is -0.208 e. The number of benzene rings is 6. The van der Waals surface area contributed by atoms with E-state index in [0.717, 1.165) is 28.5 Å². The molecule has 56 heavy (non-hydrogen) atoms. The second kappa shape index (κ2) is 13.5. The molecule has 4 saturated carbocycles. The van der Waals surface area contributed by atoms with Gasteiger partial charge in [-0.25, -0.2) is 15.0 Å². The maximum Gasteiger partial charge on any atom is 0.164 e. The SMILES string of the molecule is Cc1cc(C23CC4CC(C2)CC(c2ccc(-c5cccc(-c6nc(-c7ccccc7)nc(-c7ccccc7)n6)c5)c(C)c2)(C4)C3)ccc1-c1ccc(C#N)cc1. The summed E-state index contributed by atoms with van der Waals surface area (Å²) in [5.41, 5.74) is 14.6. The molecule has 0 saturated heterocycles. The standard InChI is InChI=1S/C52H44N4/c1-34-24-44(20-22-46(34)39-18-16-36(32-53)17-19-39)51-28-37-26-38(29-51)31-52(30-37,33-51)45-21-23-47(35(2)25-45)42-14-9-15-43(27-42)50-55-48(40-10-5-3-6-11-40)54-49(56-50)41-12-7-4-8-13-41/h3-25,27,37-38H,26,28-31,33H2,1-2H3. The van der Waals surface area contributed by atoms with Gasteiger partial charge in [-0.3, -0.25) is 0 Å². The van der Waals surface area contributed by atoms with E-state index in [0.29, 0.717) is 23.0 Å². The number of hydrogen-bond donors (Lipinski definition) is 0. The van der Waals surface area contributed by atoms with Gasteiger partial charge in [0.15, 0.2) is 17.5 Å². The molecule has 1 aromatic heterocycles. The van der Waals surface area contributed by atoms with Crippen molar-refractivity contribution in [1.82, 2.24) is 15.0 Å². The predicted octanol–water partition coefficient (Wildman–Crippen LogP) is 12.5. The highest BCUT2D eigenvalue weighted by Gasteiger charge is 2.58. The lowest BCUT2D eigenvalue weighted by Crippen LogP contribution is -2.56. The molecule has 6 aromatic carbocycles. The zero-order chi connectivity index (χ0) is 37.9. The molecule has 1 heterocycles. The molecular formula is C52H44N4. The van der Waals surface area contributed by atoms with Gasteiger partial charge in [0.1, 0.15) is 0 Å². The van der Waals surface area contributed by atoms with Crippen LogP contribution in [0, 0.1) is 37.0 Å². The number of hydrogen-bond acceptors (Lipinski definition) is 4. The topological polar surface area (TPSA) is 62.5 Å². The number of nitrogens with zero attached hydrogens (tertiary/aromatic N) is 4. The first-order chi connectivity index (χ1) is 27.4. The van der Waals surface area contributed by atoms with Crippen molar-refractivity contribution in [3.8, 4) is 62.5 Å². The molecule has 0 N–H and O–H groups in total. The molecule has 4 aliphatic carbocycles. The number of aryl methyl sites for hydroxylation is 2. The Balaban J connectivity index is 0.970. The Morgan fingerprint density at radius 3 is 1.45 bits per heavy atom. The Morgan fingerprint density at radius 1 is 0.482 bits per heavy atom. The van der Waals surface area contributed by atoms with Gasteiger partial charge in [-0.2, -0.15) is 5.26 Å². The quantitative estimate of drug-likeness (QED) is 0.164. The summed E-state index contributed by atoms with van der Waals surface area (Å²) in [5.74, 6) is 3.56. The third-order valence-electron chi connectivity index (χ3n) is 13.2. The third-order valence-corrected chi connectivity index (χ3v) is 13.2. The Labute approximate surface area is 330 Å². The number of aromatic nitrogens is 3. The first-order valence-electron chi connectivity index (χ1n) is 20.1. The molecule has 0 aliphatic heterocycles. The van der Waals surface area contributed by atoms with Crippen LogP contribution in [0.4, 0.5) is 0 Å². The van der Waals surface area contributed by atoms with Crippen LogP contribution in [-0.2, 0) is 10.8 Å². The number of nitriles is 1. The normalized spacial score (nSPS) is 22.2. The molecule has 0 spiro atoms. The van der Waals surface area contributed by atoms with E-state index >= 15 is 0 Å². The van der Waals surface area contributed by atoms with Crippen molar-refractivity contribution in [2.24, 2.45) is 11.8 Å². The molecular weight excluding hydrogens is 681 g/mol. The fourth-order valence-electron chi connectivity index (χ4n) is 11.1. The van der Waals surface area contributed by atoms with E-state index < -0.39 is 0 Å². The Hall–Kier alpha value is -6.18. The molecule has 0 amide bonds. The van der Waals surface area contributed by atoms with Gasteiger partial charge in [-0.1, -0.05) is 127 Å². The smallest absolute Gasteiger partial charge is 0.164 e. The van der Waals surface area contributed by atoms with E-state index in [-0.39, 0.29) is 10.8 Å². The summed E-state index contributed by atoms with van der Waals surface area (Å²) in [6.07, 6.45) is 7.82. The van der Waals surface area contributed by atoms with E-state index in [9.17, 15) is 5.26 Å². The summed E-state index contributed by atoms with van der Waals surface area (Å²) in [5, 5.41) is 9.30. The molecule has 4 bridgehead atoms. The van der Waals surface area contributed by atoms with Crippen LogP contribution in [-0.4, -0.2) is 15.0 Å². The second-order valence-electron chi connectivity index (χ2n) is 16.9. The molecule has 4 heteroatoms.